The molecule has 276 valence electrons. The standard InChI is InChI=1S/C36H52N2O10SSi/c1-8-36(49-35(39)46-27-19-14-13-15-20-27)25(6)45-34(44-23-26-18-16-17-21-29(26)38(40)41)32(33(36)48-50(10-3,11-4)12-5)47-31-22-30(42-7)28(24-43-31)37-9-2/h8,13-21,25,28,30-34,37H,1,9-12,22-24H2,2-7H3/t25-,28+,30+,31+,32-,33-,34-,36-/m1/s1. The number of benzene rings is 2. The molecule has 0 amide bonds. The Kier molecular flexibility index (Phi) is 15.0. The van der Waals surface area contributed by atoms with Crippen LogP contribution in [0.5, 0.6) is 5.75 Å². The van der Waals surface area contributed by atoms with Crippen LogP contribution in [0.4, 0.5) is 10.5 Å². The number of nitrogens with one attached hydrogen (secondary N) is 1. The van der Waals surface area contributed by atoms with Crippen molar-refractivity contribution in [3.8, 4) is 5.75 Å². The number of para-hydroxylation sites is 2. The Morgan fingerprint density at radius 3 is 2.42 bits per heavy atom. The van der Waals surface area contributed by atoms with Crippen LogP contribution in [0.1, 0.15) is 46.6 Å². The van der Waals surface area contributed by atoms with Crippen LogP contribution >= 0.6 is 11.8 Å². The van der Waals surface area contributed by atoms with Gasteiger partial charge in [-0.25, -0.2) is 4.79 Å². The van der Waals surface area contributed by atoms with Crippen molar-refractivity contribution in [3.05, 3.63) is 82.9 Å². The van der Waals surface area contributed by atoms with Crippen molar-refractivity contribution >= 4 is 31.1 Å². The van der Waals surface area contributed by atoms with E-state index in [9.17, 15) is 14.9 Å². The van der Waals surface area contributed by atoms with Crippen molar-refractivity contribution < 1.29 is 42.6 Å². The minimum atomic E-state index is -2.42. The van der Waals surface area contributed by atoms with E-state index in [0.29, 0.717) is 24.3 Å². The second kappa shape index (κ2) is 18.7. The number of carbonyl (C=O) groups is 1. The summed E-state index contributed by atoms with van der Waals surface area (Å²) in [7, 11) is -0.762. The van der Waals surface area contributed by atoms with Crippen LogP contribution in [0.15, 0.2) is 67.3 Å². The molecule has 0 aromatic heterocycles. The fraction of sp³-hybridized carbons (Fsp3) is 0.583. The molecule has 2 aliphatic heterocycles. The van der Waals surface area contributed by atoms with E-state index in [1.807, 2.05) is 19.9 Å². The highest BCUT2D eigenvalue weighted by Gasteiger charge is 2.59. The van der Waals surface area contributed by atoms with E-state index in [1.54, 1.807) is 55.7 Å². The Hall–Kier alpha value is -2.66. The summed E-state index contributed by atoms with van der Waals surface area (Å²) >= 11 is 0.945. The molecule has 2 fully saturated rings. The predicted octanol–water partition coefficient (Wildman–Crippen LogP) is 7.23. The number of nitro groups is 1. The van der Waals surface area contributed by atoms with Gasteiger partial charge in [0.05, 0.1) is 52.8 Å². The fourth-order valence-electron chi connectivity index (χ4n) is 6.64. The zero-order chi connectivity index (χ0) is 36.3. The van der Waals surface area contributed by atoms with Gasteiger partial charge in [-0.2, -0.15) is 0 Å². The van der Waals surface area contributed by atoms with E-state index in [4.69, 9.17) is 32.8 Å². The van der Waals surface area contributed by atoms with Crippen LogP contribution < -0.4 is 10.1 Å². The molecular weight excluding hydrogens is 681 g/mol. The van der Waals surface area contributed by atoms with Crippen LogP contribution in [0.25, 0.3) is 0 Å². The Labute approximate surface area is 300 Å². The Balaban J connectivity index is 1.77. The second-order valence-corrected chi connectivity index (χ2v) is 18.5. The normalized spacial score (nSPS) is 28.6. The molecule has 0 aliphatic carbocycles. The lowest BCUT2D eigenvalue weighted by Gasteiger charge is -2.54. The zero-order valence-corrected chi connectivity index (χ0v) is 31.7. The molecule has 12 nitrogen and oxygen atoms in total. The third-order valence-electron chi connectivity index (χ3n) is 9.82. The minimum Gasteiger partial charge on any atom is -0.418 e. The van der Waals surface area contributed by atoms with Gasteiger partial charge >= 0.3 is 5.30 Å². The molecule has 8 atom stereocenters. The van der Waals surface area contributed by atoms with Gasteiger partial charge in [-0.3, -0.25) is 10.1 Å². The number of hydrogen-bond donors (Lipinski definition) is 1. The van der Waals surface area contributed by atoms with E-state index >= 15 is 0 Å². The van der Waals surface area contributed by atoms with Crippen molar-refractivity contribution in [1.82, 2.24) is 5.32 Å². The Bertz CT molecular complexity index is 1390. The van der Waals surface area contributed by atoms with Gasteiger partial charge < -0.3 is 38.2 Å². The van der Waals surface area contributed by atoms with E-state index < -0.39 is 54.2 Å². The van der Waals surface area contributed by atoms with Crippen LogP contribution in [0.2, 0.25) is 18.1 Å². The topological polar surface area (TPSA) is 137 Å². The molecule has 2 aliphatic rings. The van der Waals surface area contributed by atoms with Gasteiger partial charge in [0.2, 0.25) is 0 Å². The first-order valence-electron chi connectivity index (χ1n) is 17.4. The average Bonchev–Trinajstić information content (AvgIpc) is 3.13. The summed E-state index contributed by atoms with van der Waals surface area (Å²) in [6.07, 6.45) is -2.33. The number of nitro benzene ring substituents is 1. The van der Waals surface area contributed by atoms with Gasteiger partial charge in [-0.1, -0.05) is 64.1 Å². The largest absolute Gasteiger partial charge is 0.418 e. The summed E-state index contributed by atoms with van der Waals surface area (Å²) in [5.74, 6) is 0.403. The van der Waals surface area contributed by atoms with Crippen molar-refractivity contribution in [2.24, 2.45) is 0 Å². The van der Waals surface area contributed by atoms with Gasteiger partial charge in [0.1, 0.15) is 11.9 Å². The zero-order valence-electron chi connectivity index (χ0n) is 29.9. The summed E-state index contributed by atoms with van der Waals surface area (Å²) in [6.45, 7) is 15.4. The number of hydrogen-bond acceptors (Lipinski definition) is 12. The molecule has 0 bridgehead atoms. The average molecular weight is 733 g/mol. The van der Waals surface area contributed by atoms with Crippen LogP contribution in [0.3, 0.4) is 0 Å². The third kappa shape index (κ3) is 9.41. The fourth-order valence-corrected chi connectivity index (χ4v) is 10.6. The lowest BCUT2D eigenvalue weighted by atomic mass is 9.88. The molecule has 0 saturated carbocycles. The third-order valence-corrected chi connectivity index (χ3v) is 15.8. The molecule has 14 heteroatoms. The number of methoxy groups -OCH3 is 1. The number of likely N-dealkylation sites (N-methyl/N-ethyl adjacent to an activating group) is 1. The van der Waals surface area contributed by atoms with Gasteiger partial charge in [0, 0.05) is 19.6 Å². The first kappa shape index (κ1) is 40.1. The second-order valence-electron chi connectivity index (χ2n) is 12.5. The van der Waals surface area contributed by atoms with Crippen molar-refractivity contribution in [3.63, 3.8) is 0 Å². The number of carbonyl (C=O) groups excluding carboxylic acids is 1. The highest BCUT2D eigenvalue weighted by Crippen LogP contribution is 2.48. The van der Waals surface area contributed by atoms with E-state index in [-0.39, 0.29) is 24.4 Å². The maximum Gasteiger partial charge on any atom is 0.373 e. The van der Waals surface area contributed by atoms with Crippen molar-refractivity contribution in [2.75, 3.05) is 20.3 Å². The van der Waals surface area contributed by atoms with E-state index in [0.717, 1.165) is 36.4 Å². The lowest BCUT2D eigenvalue weighted by Crippen LogP contribution is -2.68. The van der Waals surface area contributed by atoms with Crippen LogP contribution in [-0.2, 0) is 34.7 Å². The molecular formula is C36H52N2O10SSi. The molecule has 0 spiro atoms. The van der Waals surface area contributed by atoms with E-state index in [1.165, 1.54) is 6.07 Å². The summed E-state index contributed by atoms with van der Waals surface area (Å²) in [5, 5.41) is 14.7. The van der Waals surface area contributed by atoms with Crippen molar-refractivity contribution in [2.45, 2.75) is 114 Å². The predicted molar refractivity (Wildman–Crippen MR) is 195 cm³/mol. The number of nitrogens with zero attached hydrogens (tertiary/aromatic N) is 1. The number of thioether (sulfide) groups is 1. The lowest BCUT2D eigenvalue weighted by molar-refractivity contribution is -0.386. The van der Waals surface area contributed by atoms with Gasteiger partial charge in [0.15, 0.2) is 20.9 Å². The first-order chi connectivity index (χ1) is 24.1. The molecule has 2 saturated heterocycles. The molecule has 0 unspecified atom stereocenters. The van der Waals surface area contributed by atoms with Crippen LogP contribution in [0, 0.1) is 10.1 Å². The summed E-state index contributed by atoms with van der Waals surface area (Å²) in [5.41, 5.74) is 0.316. The molecule has 2 heterocycles. The van der Waals surface area contributed by atoms with Gasteiger partial charge in [-0.05, 0) is 61.6 Å². The summed E-state index contributed by atoms with van der Waals surface area (Å²) in [4.78, 5) is 25.1. The molecule has 2 aromatic carbocycles. The quantitative estimate of drug-likeness (QED) is 0.0578. The molecule has 1 N–H and O–H groups in total. The van der Waals surface area contributed by atoms with Crippen LogP contribution in [-0.4, -0.2) is 86.6 Å². The highest BCUT2D eigenvalue weighted by atomic mass is 32.2. The van der Waals surface area contributed by atoms with Crippen molar-refractivity contribution in [1.29, 1.82) is 0 Å². The number of rotatable bonds is 17. The molecule has 2 aromatic rings. The monoisotopic (exact) mass is 732 g/mol. The summed E-state index contributed by atoms with van der Waals surface area (Å²) in [6, 6.07) is 17.7. The van der Waals surface area contributed by atoms with Gasteiger partial charge in [-0.15, -0.1) is 6.58 Å². The SMILES string of the molecule is C=C[C@]1(SC(=O)Oc2ccccc2)[C@H](O[Si](CC)(CC)CC)[C@@H](O[C@H]2C[C@H](OC)[C@@H](NCC)CO2)[C@H](OCc2ccccc2[N+](=O)[O-])O[C@@H]1C. The Morgan fingerprint density at radius 2 is 1.80 bits per heavy atom. The Morgan fingerprint density at radius 1 is 1.12 bits per heavy atom. The molecule has 50 heavy (non-hydrogen) atoms. The number of ether oxygens (including phenoxy) is 6. The van der Waals surface area contributed by atoms with E-state index in [2.05, 4.69) is 32.7 Å². The van der Waals surface area contributed by atoms with Gasteiger partial charge in [0.25, 0.3) is 5.69 Å². The molecule has 4 rings (SSSR count). The summed E-state index contributed by atoms with van der Waals surface area (Å²) < 4.78 is 43.8. The first-order valence-corrected chi connectivity index (χ1v) is 20.7. The highest BCUT2D eigenvalue weighted by molar-refractivity contribution is 8.14. The molecule has 0 radical (unpaired) electrons. The smallest absolute Gasteiger partial charge is 0.373 e. The minimum absolute atomic E-state index is 0.0267. The maximum atomic E-state index is 13.7. The maximum absolute atomic E-state index is 13.7.